The highest BCUT2D eigenvalue weighted by Gasteiger charge is 2.19. The Labute approximate surface area is 129 Å². The first-order valence-corrected chi connectivity index (χ1v) is 7.18. The Balaban J connectivity index is 2.86. The lowest BCUT2D eigenvalue weighted by Crippen LogP contribution is -2.37. The number of unbranched alkanes of at least 4 members (excludes halogenated alkanes) is 1. The highest BCUT2D eigenvalue weighted by Crippen LogP contribution is 2.34. The predicted molar refractivity (Wildman–Crippen MR) is 81.4 cm³/mol. The molecule has 0 saturated carbocycles. The van der Waals surface area contributed by atoms with E-state index in [4.69, 9.17) is 21.1 Å². The lowest BCUT2D eigenvalue weighted by molar-refractivity contribution is -0.127. The van der Waals surface area contributed by atoms with Gasteiger partial charge >= 0.3 is 0 Å². The molecule has 0 fully saturated rings. The van der Waals surface area contributed by atoms with Crippen molar-refractivity contribution in [2.24, 2.45) is 0 Å². The molecule has 5 nitrogen and oxygen atoms in total. The molecular formula is C15H20ClNO4. The number of ether oxygens (including phenoxy) is 2. The Hall–Kier alpha value is -1.75. The number of hydrogen-bond acceptors (Lipinski definition) is 4. The van der Waals surface area contributed by atoms with Crippen LogP contribution in [0.15, 0.2) is 12.1 Å². The fourth-order valence-corrected chi connectivity index (χ4v) is 1.93. The minimum Gasteiger partial charge on any atom is -0.493 e. The quantitative estimate of drug-likeness (QED) is 0.592. The molecule has 0 radical (unpaired) electrons. The smallest absolute Gasteiger partial charge is 0.260 e. The number of methoxy groups -OCH3 is 1. The van der Waals surface area contributed by atoms with E-state index in [0.29, 0.717) is 23.6 Å². The molecule has 1 unspecified atom stereocenters. The number of aldehydes is 1. The maximum absolute atomic E-state index is 11.9. The van der Waals surface area contributed by atoms with Crippen LogP contribution in [0.25, 0.3) is 0 Å². The summed E-state index contributed by atoms with van der Waals surface area (Å²) >= 11 is 5.89. The van der Waals surface area contributed by atoms with Crippen molar-refractivity contribution >= 4 is 23.8 Å². The molecular weight excluding hydrogens is 294 g/mol. The summed E-state index contributed by atoms with van der Waals surface area (Å²) in [6.45, 7) is 4.26. The van der Waals surface area contributed by atoms with Gasteiger partial charge in [0.25, 0.3) is 5.91 Å². The molecule has 1 aromatic carbocycles. The van der Waals surface area contributed by atoms with Crippen LogP contribution in [0, 0.1) is 0 Å². The molecule has 1 rings (SSSR count). The van der Waals surface area contributed by atoms with Gasteiger partial charge in [-0.2, -0.15) is 0 Å². The number of halogens is 1. The van der Waals surface area contributed by atoms with E-state index >= 15 is 0 Å². The van der Waals surface area contributed by atoms with E-state index in [1.54, 1.807) is 6.92 Å². The maximum atomic E-state index is 11.9. The largest absolute Gasteiger partial charge is 0.493 e. The molecule has 1 aromatic rings. The fraction of sp³-hybridized carbons (Fsp3) is 0.467. The monoisotopic (exact) mass is 313 g/mol. The van der Waals surface area contributed by atoms with E-state index in [-0.39, 0.29) is 17.2 Å². The van der Waals surface area contributed by atoms with Crippen molar-refractivity contribution in [2.75, 3.05) is 13.7 Å². The first-order valence-electron chi connectivity index (χ1n) is 6.80. The van der Waals surface area contributed by atoms with E-state index < -0.39 is 6.10 Å². The van der Waals surface area contributed by atoms with Gasteiger partial charge in [0.1, 0.15) is 0 Å². The van der Waals surface area contributed by atoms with Crippen LogP contribution in [0.1, 0.15) is 37.0 Å². The van der Waals surface area contributed by atoms with Crippen molar-refractivity contribution in [1.82, 2.24) is 5.32 Å². The van der Waals surface area contributed by atoms with Gasteiger partial charge in [0, 0.05) is 17.6 Å². The summed E-state index contributed by atoms with van der Waals surface area (Å²) in [5.41, 5.74) is 0.243. The molecule has 116 valence electrons. The zero-order valence-electron chi connectivity index (χ0n) is 12.4. The number of nitrogens with one attached hydrogen (secondary N) is 1. The molecule has 0 bridgehead atoms. The van der Waals surface area contributed by atoms with E-state index in [2.05, 4.69) is 5.32 Å². The summed E-state index contributed by atoms with van der Waals surface area (Å²) in [5.74, 6) is 0.296. The van der Waals surface area contributed by atoms with Crippen LogP contribution in [0.2, 0.25) is 5.02 Å². The maximum Gasteiger partial charge on any atom is 0.260 e. The SMILES string of the molecule is CCCCNC(=O)C(C)Oc1c(C=O)cc(Cl)cc1OC. The summed E-state index contributed by atoms with van der Waals surface area (Å²) in [4.78, 5) is 23.0. The molecule has 1 atom stereocenters. The minimum atomic E-state index is -0.740. The Morgan fingerprint density at radius 3 is 2.76 bits per heavy atom. The van der Waals surface area contributed by atoms with Crippen LogP contribution in [-0.4, -0.2) is 32.0 Å². The van der Waals surface area contributed by atoms with Crippen LogP contribution in [0.3, 0.4) is 0 Å². The average molecular weight is 314 g/mol. The molecule has 0 spiro atoms. The van der Waals surface area contributed by atoms with E-state index in [1.165, 1.54) is 19.2 Å². The van der Waals surface area contributed by atoms with Crippen molar-refractivity contribution in [2.45, 2.75) is 32.8 Å². The van der Waals surface area contributed by atoms with E-state index in [9.17, 15) is 9.59 Å². The highest BCUT2D eigenvalue weighted by atomic mass is 35.5. The molecule has 21 heavy (non-hydrogen) atoms. The standard InChI is InChI=1S/C15H20ClNO4/c1-4-5-6-17-15(19)10(2)21-14-11(9-18)7-12(16)8-13(14)20-3/h7-10H,4-6H2,1-3H3,(H,17,19). The second-order valence-corrected chi connectivity index (χ2v) is 4.99. The van der Waals surface area contributed by atoms with Crippen molar-refractivity contribution in [3.8, 4) is 11.5 Å². The van der Waals surface area contributed by atoms with Gasteiger partial charge in [0.15, 0.2) is 23.9 Å². The Kier molecular flexibility index (Phi) is 7.02. The third-order valence-corrected chi connectivity index (χ3v) is 3.11. The number of carbonyl (C=O) groups is 2. The molecule has 0 heterocycles. The van der Waals surface area contributed by atoms with Gasteiger partial charge in [-0.05, 0) is 19.4 Å². The van der Waals surface area contributed by atoms with Crippen molar-refractivity contribution < 1.29 is 19.1 Å². The minimum absolute atomic E-state index is 0.218. The number of carbonyl (C=O) groups excluding carboxylic acids is 2. The van der Waals surface area contributed by atoms with E-state index in [1.807, 2.05) is 6.92 Å². The zero-order valence-corrected chi connectivity index (χ0v) is 13.2. The van der Waals surface area contributed by atoms with Gasteiger partial charge in [-0.3, -0.25) is 9.59 Å². The predicted octanol–water partition coefficient (Wildman–Crippen LogP) is 2.84. The molecule has 6 heteroatoms. The number of rotatable bonds is 8. The van der Waals surface area contributed by atoms with Crippen LogP contribution in [0.5, 0.6) is 11.5 Å². The molecule has 0 aliphatic heterocycles. The third kappa shape index (κ3) is 4.93. The van der Waals surface area contributed by atoms with Crippen molar-refractivity contribution in [1.29, 1.82) is 0 Å². The molecule has 0 aliphatic carbocycles. The first-order chi connectivity index (χ1) is 10.0. The number of hydrogen-bond donors (Lipinski definition) is 1. The second kappa shape index (κ2) is 8.52. The Morgan fingerprint density at radius 2 is 2.19 bits per heavy atom. The van der Waals surface area contributed by atoms with Crippen molar-refractivity contribution in [3.63, 3.8) is 0 Å². The summed E-state index contributed by atoms with van der Waals surface area (Å²) in [6.07, 6.45) is 1.78. The second-order valence-electron chi connectivity index (χ2n) is 4.55. The Bertz CT molecular complexity index is 505. The normalized spacial score (nSPS) is 11.6. The average Bonchev–Trinajstić information content (AvgIpc) is 2.48. The van der Waals surface area contributed by atoms with Crippen LogP contribution in [-0.2, 0) is 4.79 Å². The topological polar surface area (TPSA) is 64.6 Å². The zero-order chi connectivity index (χ0) is 15.8. The molecule has 0 aromatic heterocycles. The van der Waals surface area contributed by atoms with Gasteiger partial charge < -0.3 is 14.8 Å². The lowest BCUT2D eigenvalue weighted by Gasteiger charge is -2.18. The summed E-state index contributed by atoms with van der Waals surface area (Å²) in [7, 11) is 1.44. The number of amides is 1. The van der Waals surface area contributed by atoms with Gasteiger partial charge in [-0.25, -0.2) is 0 Å². The van der Waals surface area contributed by atoms with Gasteiger partial charge in [-0.1, -0.05) is 24.9 Å². The third-order valence-electron chi connectivity index (χ3n) is 2.89. The Morgan fingerprint density at radius 1 is 1.48 bits per heavy atom. The highest BCUT2D eigenvalue weighted by molar-refractivity contribution is 6.31. The lowest BCUT2D eigenvalue weighted by atomic mass is 10.2. The van der Waals surface area contributed by atoms with Gasteiger partial charge in [-0.15, -0.1) is 0 Å². The number of benzene rings is 1. The molecule has 1 amide bonds. The molecule has 0 saturated heterocycles. The molecule has 0 aliphatic rings. The van der Waals surface area contributed by atoms with Crippen LogP contribution < -0.4 is 14.8 Å². The van der Waals surface area contributed by atoms with E-state index in [0.717, 1.165) is 12.8 Å². The van der Waals surface area contributed by atoms with Gasteiger partial charge in [0.05, 0.1) is 12.7 Å². The summed E-state index contributed by atoms with van der Waals surface area (Å²) in [5, 5.41) is 3.13. The van der Waals surface area contributed by atoms with Crippen molar-refractivity contribution in [3.05, 3.63) is 22.7 Å². The van der Waals surface area contributed by atoms with Crippen LogP contribution in [0.4, 0.5) is 0 Å². The first kappa shape index (κ1) is 17.3. The van der Waals surface area contributed by atoms with Crippen LogP contribution >= 0.6 is 11.6 Å². The fourth-order valence-electron chi connectivity index (χ4n) is 1.72. The molecule has 1 N–H and O–H groups in total. The van der Waals surface area contributed by atoms with Gasteiger partial charge in [0.2, 0.25) is 0 Å². The summed E-state index contributed by atoms with van der Waals surface area (Å²) < 4.78 is 10.7. The summed E-state index contributed by atoms with van der Waals surface area (Å²) in [6, 6.07) is 3.00.